The van der Waals surface area contributed by atoms with E-state index < -0.39 is 36.0 Å². The molecule has 1 N–H and O–H groups in total. The molecular weight excluding hydrogens is 446 g/mol. The summed E-state index contributed by atoms with van der Waals surface area (Å²) in [5, 5.41) is 11.3. The Morgan fingerprint density at radius 1 is 1.06 bits per heavy atom. The Morgan fingerprint density at radius 2 is 1.73 bits per heavy atom. The molecule has 10 heteroatoms. The Bertz CT molecular complexity index is 1170. The van der Waals surface area contributed by atoms with Crippen LogP contribution < -0.4 is 9.64 Å². The number of benzene rings is 2. The van der Waals surface area contributed by atoms with Gasteiger partial charge in [0.1, 0.15) is 17.8 Å². The van der Waals surface area contributed by atoms with E-state index >= 15 is 0 Å². The molecule has 3 aliphatic heterocycles. The van der Waals surface area contributed by atoms with Crippen molar-refractivity contribution in [2.24, 2.45) is 0 Å². The molecule has 2 aromatic carbocycles. The molecule has 3 aliphatic rings. The summed E-state index contributed by atoms with van der Waals surface area (Å²) in [4.78, 5) is 56.3. The Balaban J connectivity index is 1.60. The maximum atomic E-state index is 13.5. The molecule has 33 heavy (non-hydrogen) atoms. The number of methoxy groups -OCH3 is 1. The molecule has 9 nitrogen and oxygen atoms in total. The van der Waals surface area contributed by atoms with Gasteiger partial charge in [0.05, 0.1) is 23.9 Å². The summed E-state index contributed by atoms with van der Waals surface area (Å²) in [6.07, 6.45) is -1.40. The SMILES string of the molecule is COc1ccc2c(c1)SCCN(C(C)=O)[C@H](O)[C@H]1[C@@H](N3C(=O)c4ccccc4C3=O)C(=O)N21. The van der Waals surface area contributed by atoms with Gasteiger partial charge in [-0.3, -0.25) is 29.0 Å². The second-order valence-electron chi connectivity index (χ2n) is 7.98. The monoisotopic (exact) mass is 467 g/mol. The highest BCUT2D eigenvalue weighted by atomic mass is 32.2. The predicted molar refractivity (Wildman–Crippen MR) is 119 cm³/mol. The zero-order valence-electron chi connectivity index (χ0n) is 17.9. The molecular formula is C23H21N3O6S. The van der Waals surface area contributed by atoms with Gasteiger partial charge in [-0.25, -0.2) is 0 Å². The van der Waals surface area contributed by atoms with Crippen molar-refractivity contribution in [3.63, 3.8) is 0 Å². The van der Waals surface area contributed by atoms with E-state index in [1.165, 1.54) is 40.6 Å². The van der Waals surface area contributed by atoms with E-state index in [1.807, 2.05) is 0 Å². The van der Waals surface area contributed by atoms with Crippen LogP contribution in [0.4, 0.5) is 5.69 Å². The molecule has 5 rings (SSSR count). The average Bonchev–Trinajstić information content (AvgIpc) is 3.07. The molecule has 0 aromatic heterocycles. The number of nitrogens with zero attached hydrogens (tertiary/aromatic N) is 3. The summed E-state index contributed by atoms with van der Waals surface area (Å²) >= 11 is 1.43. The minimum atomic E-state index is -1.40. The average molecular weight is 468 g/mol. The molecule has 0 saturated carbocycles. The number of β-lactam (4-membered cyclic amide) rings is 1. The number of hydrogen-bond donors (Lipinski definition) is 1. The van der Waals surface area contributed by atoms with E-state index in [4.69, 9.17) is 4.74 Å². The molecule has 170 valence electrons. The van der Waals surface area contributed by atoms with E-state index in [0.717, 1.165) is 9.80 Å². The Morgan fingerprint density at radius 3 is 2.33 bits per heavy atom. The molecule has 3 heterocycles. The third kappa shape index (κ3) is 3.12. The Hall–Kier alpha value is -3.37. The first kappa shape index (κ1) is 21.5. The number of thioether (sulfide) groups is 1. The standard InChI is InChI=1S/C23H21N3O6S/c1-12(27)24-9-10-33-17-11-13(32-2)7-8-16(17)25-18(22(24)30)19(23(25)31)26-20(28)14-5-3-4-6-15(14)21(26)29/h3-8,11,18-19,22,30H,9-10H2,1-2H3/t18-,19-,22-/m1/s1. The van der Waals surface area contributed by atoms with Crippen molar-refractivity contribution in [1.82, 2.24) is 9.80 Å². The number of carbonyl (C=O) groups excluding carboxylic acids is 4. The minimum Gasteiger partial charge on any atom is -0.497 e. The van der Waals surface area contributed by atoms with Crippen molar-refractivity contribution in [1.29, 1.82) is 0 Å². The van der Waals surface area contributed by atoms with E-state index in [2.05, 4.69) is 0 Å². The van der Waals surface area contributed by atoms with Gasteiger partial charge >= 0.3 is 0 Å². The third-order valence-corrected chi connectivity index (χ3v) is 7.29. The summed E-state index contributed by atoms with van der Waals surface area (Å²) in [6.45, 7) is 1.56. The molecule has 0 aliphatic carbocycles. The van der Waals surface area contributed by atoms with Crippen LogP contribution in [0.3, 0.4) is 0 Å². The molecule has 1 fully saturated rings. The first-order chi connectivity index (χ1) is 15.8. The Kier molecular flexibility index (Phi) is 5.13. The van der Waals surface area contributed by atoms with Crippen molar-refractivity contribution >= 4 is 41.1 Å². The fourth-order valence-electron chi connectivity index (χ4n) is 4.64. The molecule has 4 amide bonds. The largest absolute Gasteiger partial charge is 0.497 e. The number of fused-ring (bicyclic) bond motifs is 4. The number of aliphatic hydroxyl groups is 1. The number of carbonyl (C=O) groups is 4. The number of aliphatic hydroxyl groups excluding tert-OH is 1. The van der Waals surface area contributed by atoms with E-state index in [1.54, 1.807) is 37.4 Å². The van der Waals surface area contributed by atoms with Gasteiger partial charge in [-0.2, -0.15) is 0 Å². The van der Waals surface area contributed by atoms with Crippen molar-refractivity contribution in [3.05, 3.63) is 53.6 Å². The van der Waals surface area contributed by atoms with Crippen molar-refractivity contribution in [2.75, 3.05) is 24.3 Å². The fourth-order valence-corrected chi connectivity index (χ4v) is 5.67. The zero-order valence-corrected chi connectivity index (χ0v) is 18.7. The zero-order chi connectivity index (χ0) is 23.4. The van der Waals surface area contributed by atoms with Crippen LogP contribution in [-0.4, -0.2) is 76.3 Å². The number of rotatable bonds is 2. The lowest BCUT2D eigenvalue weighted by molar-refractivity contribution is -0.149. The van der Waals surface area contributed by atoms with E-state index in [9.17, 15) is 24.3 Å². The summed E-state index contributed by atoms with van der Waals surface area (Å²) in [5.41, 5.74) is 0.971. The van der Waals surface area contributed by atoms with Gasteiger partial charge in [0.2, 0.25) is 5.91 Å². The Labute approximate surface area is 193 Å². The van der Waals surface area contributed by atoms with Crippen LogP contribution in [0.25, 0.3) is 0 Å². The summed E-state index contributed by atoms with van der Waals surface area (Å²) < 4.78 is 5.31. The minimum absolute atomic E-state index is 0.218. The van der Waals surface area contributed by atoms with Crippen LogP contribution in [0.1, 0.15) is 27.6 Å². The summed E-state index contributed by atoms with van der Waals surface area (Å²) in [7, 11) is 1.54. The molecule has 1 saturated heterocycles. The first-order valence-corrected chi connectivity index (χ1v) is 11.4. The third-order valence-electron chi connectivity index (χ3n) is 6.26. The van der Waals surface area contributed by atoms with Crippen molar-refractivity contribution in [3.8, 4) is 5.75 Å². The number of anilines is 1. The maximum Gasteiger partial charge on any atom is 0.262 e. The number of imide groups is 1. The van der Waals surface area contributed by atoms with Crippen LogP contribution in [0.15, 0.2) is 47.4 Å². The van der Waals surface area contributed by atoms with Gasteiger partial charge in [0, 0.05) is 24.1 Å². The fraction of sp³-hybridized carbons (Fsp3) is 0.304. The summed E-state index contributed by atoms with van der Waals surface area (Å²) in [5.74, 6) is -0.953. The highest BCUT2D eigenvalue weighted by molar-refractivity contribution is 7.99. The van der Waals surface area contributed by atoms with Gasteiger partial charge in [-0.05, 0) is 30.3 Å². The predicted octanol–water partition coefficient (Wildman–Crippen LogP) is 1.35. The number of hydrogen-bond acceptors (Lipinski definition) is 7. The van der Waals surface area contributed by atoms with Gasteiger partial charge in [0.25, 0.3) is 17.7 Å². The van der Waals surface area contributed by atoms with Gasteiger partial charge < -0.3 is 14.7 Å². The van der Waals surface area contributed by atoms with Crippen LogP contribution in [0.5, 0.6) is 5.75 Å². The normalized spacial score (nSPS) is 24.3. The lowest BCUT2D eigenvalue weighted by Crippen LogP contribution is -2.77. The second-order valence-corrected chi connectivity index (χ2v) is 9.11. The lowest BCUT2D eigenvalue weighted by atomic mass is 9.89. The van der Waals surface area contributed by atoms with Crippen molar-refractivity contribution in [2.45, 2.75) is 30.1 Å². The van der Waals surface area contributed by atoms with Crippen LogP contribution >= 0.6 is 11.8 Å². The molecule has 0 radical (unpaired) electrons. The van der Waals surface area contributed by atoms with Crippen LogP contribution in [0.2, 0.25) is 0 Å². The van der Waals surface area contributed by atoms with E-state index in [-0.39, 0.29) is 23.6 Å². The lowest BCUT2D eigenvalue weighted by Gasteiger charge is -2.52. The molecule has 0 spiro atoms. The van der Waals surface area contributed by atoms with Crippen LogP contribution in [0, 0.1) is 0 Å². The van der Waals surface area contributed by atoms with Crippen LogP contribution in [-0.2, 0) is 9.59 Å². The smallest absolute Gasteiger partial charge is 0.262 e. The highest BCUT2D eigenvalue weighted by Crippen LogP contribution is 2.43. The topological polar surface area (TPSA) is 107 Å². The summed E-state index contributed by atoms with van der Waals surface area (Å²) in [6, 6.07) is 9.33. The second kappa shape index (κ2) is 7.89. The molecule has 0 bridgehead atoms. The number of amides is 4. The highest BCUT2D eigenvalue weighted by Gasteiger charge is 2.60. The quantitative estimate of drug-likeness (QED) is 0.525. The van der Waals surface area contributed by atoms with E-state index in [0.29, 0.717) is 17.2 Å². The van der Waals surface area contributed by atoms with Gasteiger partial charge in [-0.1, -0.05) is 12.1 Å². The van der Waals surface area contributed by atoms with Gasteiger partial charge in [0.15, 0.2) is 6.23 Å². The molecule has 2 aromatic rings. The maximum absolute atomic E-state index is 13.5. The molecule has 0 unspecified atom stereocenters. The first-order valence-electron chi connectivity index (χ1n) is 10.4. The molecule has 3 atom stereocenters. The number of ether oxygens (including phenoxy) is 1. The van der Waals surface area contributed by atoms with Gasteiger partial charge in [-0.15, -0.1) is 11.8 Å². The van der Waals surface area contributed by atoms with Crippen molar-refractivity contribution < 1.29 is 29.0 Å².